The molecule has 1 fully saturated rings. The van der Waals surface area contributed by atoms with Crippen LogP contribution in [0.15, 0.2) is 12.3 Å². The van der Waals surface area contributed by atoms with E-state index >= 15 is 0 Å². The van der Waals surface area contributed by atoms with Crippen LogP contribution >= 0.6 is 11.6 Å². The fourth-order valence-electron chi connectivity index (χ4n) is 1.86. The largest absolute Gasteiger partial charge is 0.476 e. The van der Waals surface area contributed by atoms with Crippen LogP contribution in [0, 0.1) is 0 Å². The molecule has 0 unspecified atom stereocenters. The molecule has 0 saturated heterocycles. The zero-order chi connectivity index (χ0) is 13.0. The van der Waals surface area contributed by atoms with Gasteiger partial charge in [0.05, 0.1) is 5.02 Å². The maximum atomic E-state index is 6.04. The van der Waals surface area contributed by atoms with Gasteiger partial charge in [0.1, 0.15) is 6.61 Å². The highest BCUT2D eigenvalue weighted by molar-refractivity contribution is 6.31. The number of pyridine rings is 1. The highest BCUT2D eigenvalue weighted by Crippen LogP contribution is 2.25. The minimum atomic E-state index is 0.647. The number of nitrogens with zero attached hydrogens (tertiary/aromatic N) is 2. The second kappa shape index (κ2) is 6.36. The van der Waals surface area contributed by atoms with Gasteiger partial charge in [-0.05, 0) is 32.5 Å². The second-order valence-electron chi connectivity index (χ2n) is 4.70. The van der Waals surface area contributed by atoms with Gasteiger partial charge in [-0.3, -0.25) is 0 Å². The summed E-state index contributed by atoms with van der Waals surface area (Å²) in [5.41, 5.74) is 1.01. The number of rotatable bonds is 7. The van der Waals surface area contributed by atoms with Crippen molar-refractivity contribution in [3.05, 3.63) is 22.8 Å². The van der Waals surface area contributed by atoms with Crippen molar-refractivity contribution in [2.24, 2.45) is 0 Å². The minimum Gasteiger partial charge on any atom is -0.476 e. The molecule has 100 valence electrons. The van der Waals surface area contributed by atoms with Gasteiger partial charge in [0, 0.05) is 31.4 Å². The van der Waals surface area contributed by atoms with Crippen molar-refractivity contribution in [1.82, 2.24) is 15.2 Å². The van der Waals surface area contributed by atoms with Gasteiger partial charge < -0.3 is 15.0 Å². The highest BCUT2D eigenvalue weighted by Gasteiger charge is 2.25. The van der Waals surface area contributed by atoms with E-state index in [1.807, 2.05) is 13.1 Å². The Kier molecular flexibility index (Phi) is 4.80. The van der Waals surface area contributed by atoms with Gasteiger partial charge in [0.2, 0.25) is 5.88 Å². The number of ether oxygens (including phenoxy) is 1. The quantitative estimate of drug-likeness (QED) is 0.821. The zero-order valence-corrected chi connectivity index (χ0v) is 11.7. The zero-order valence-electron chi connectivity index (χ0n) is 10.9. The lowest BCUT2D eigenvalue weighted by molar-refractivity contribution is 0.226. The van der Waals surface area contributed by atoms with Crippen molar-refractivity contribution in [2.75, 3.05) is 27.2 Å². The fraction of sp³-hybridized carbons (Fsp3) is 0.615. The van der Waals surface area contributed by atoms with Crippen LogP contribution in [0.2, 0.25) is 5.02 Å². The van der Waals surface area contributed by atoms with E-state index in [9.17, 15) is 0 Å². The van der Waals surface area contributed by atoms with Crippen LogP contribution in [0.1, 0.15) is 18.4 Å². The Balaban J connectivity index is 1.82. The molecule has 0 atom stereocenters. The normalized spacial score (nSPS) is 15.1. The monoisotopic (exact) mass is 269 g/mol. The third-order valence-electron chi connectivity index (χ3n) is 3.14. The first-order valence-electron chi connectivity index (χ1n) is 6.32. The van der Waals surface area contributed by atoms with Gasteiger partial charge in [-0.25, -0.2) is 4.98 Å². The molecule has 0 spiro atoms. The molecule has 1 aromatic rings. The number of halogens is 1. The summed E-state index contributed by atoms with van der Waals surface area (Å²) in [5, 5.41) is 3.75. The van der Waals surface area contributed by atoms with Crippen LogP contribution in [0.5, 0.6) is 5.88 Å². The molecule has 0 bridgehead atoms. The molecular weight excluding hydrogens is 250 g/mol. The summed E-state index contributed by atoms with van der Waals surface area (Å²) < 4.78 is 5.66. The van der Waals surface area contributed by atoms with E-state index in [0.717, 1.165) is 24.7 Å². The van der Waals surface area contributed by atoms with Crippen LogP contribution in [-0.4, -0.2) is 43.2 Å². The van der Waals surface area contributed by atoms with E-state index < -0.39 is 0 Å². The van der Waals surface area contributed by atoms with Crippen molar-refractivity contribution in [3.8, 4) is 5.88 Å². The predicted molar refractivity (Wildman–Crippen MR) is 73.2 cm³/mol. The first-order chi connectivity index (χ1) is 8.70. The Morgan fingerprint density at radius 3 is 3.00 bits per heavy atom. The van der Waals surface area contributed by atoms with Crippen molar-refractivity contribution in [2.45, 2.75) is 25.4 Å². The van der Waals surface area contributed by atoms with Crippen LogP contribution in [0.4, 0.5) is 0 Å². The lowest BCUT2D eigenvalue weighted by Gasteiger charge is -2.15. The van der Waals surface area contributed by atoms with Crippen LogP contribution in [0.25, 0.3) is 0 Å². The summed E-state index contributed by atoms with van der Waals surface area (Å²) in [6, 6.07) is 2.67. The second-order valence-corrected chi connectivity index (χ2v) is 5.11. The molecule has 0 aromatic carbocycles. The molecule has 4 nitrogen and oxygen atoms in total. The number of aromatic nitrogens is 1. The van der Waals surface area contributed by atoms with Gasteiger partial charge in [0.15, 0.2) is 0 Å². The molecule has 0 radical (unpaired) electrons. The van der Waals surface area contributed by atoms with E-state index in [2.05, 4.69) is 22.2 Å². The molecular formula is C13H20ClN3O. The van der Waals surface area contributed by atoms with Gasteiger partial charge in [0.25, 0.3) is 0 Å². The Labute approximate surface area is 113 Å². The predicted octanol–water partition coefficient (Wildman–Crippen LogP) is 1.93. The van der Waals surface area contributed by atoms with E-state index in [4.69, 9.17) is 16.3 Å². The lowest BCUT2D eigenvalue weighted by Crippen LogP contribution is -2.26. The van der Waals surface area contributed by atoms with E-state index in [-0.39, 0.29) is 0 Å². The molecule has 1 aliphatic carbocycles. The van der Waals surface area contributed by atoms with Gasteiger partial charge in [-0.15, -0.1) is 0 Å². The van der Waals surface area contributed by atoms with Crippen molar-refractivity contribution in [1.29, 1.82) is 0 Å². The average Bonchev–Trinajstić information content (AvgIpc) is 3.17. The summed E-state index contributed by atoms with van der Waals surface area (Å²) >= 11 is 6.04. The lowest BCUT2D eigenvalue weighted by atomic mass is 10.2. The average molecular weight is 270 g/mol. The van der Waals surface area contributed by atoms with E-state index in [1.54, 1.807) is 6.20 Å². The van der Waals surface area contributed by atoms with Crippen LogP contribution in [-0.2, 0) is 6.54 Å². The maximum Gasteiger partial charge on any atom is 0.213 e. The van der Waals surface area contributed by atoms with Gasteiger partial charge in [-0.2, -0.15) is 0 Å². The number of hydrogen-bond acceptors (Lipinski definition) is 4. The molecule has 18 heavy (non-hydrogen) atoms. The first kappa shape index (κ1) is 13.6. The molecule has 5 heteroatoms. The number of nitrogens with one attached hydrogen (secondary N) is 1. The SMILES string of the molecule is CNCc1cc(OCCN(C)C2CC2)ncc1Cl. The summed E-state index contributed by atoms with van der Waals surface area (Å²) in [5.74, 6) is 0.647. The molecule has 1 aromatic heterocycles. The van der Waals surface area contributed by atoms with Crippen molar-refractivity contribution < 1.29 is 4.74 Å². The summed E-state index contributed by atoms with van der Waals surface area (Å²) in [6.45, 7) is 2.33. The topological polar surface area (TPSA) is 37.4 Å². The molecule has 0 amide bonds. The number of likely N-dealkylation sites (N-methyl/N-ethyl adjacent to an activating group) is 1. The standard InChI is InChI=1S/C13H20ClN3O/c1-15-8-10-7-13(16-9-12(10)14)18-6-5-17(2)11-3-4-11/h7,9,11,15H,3-6,8H2,1-2H3. The Hall–Kier alpha value is -0.840. The molecule has 0 aliphatic heterocycles. The van der Waals surface area contributed by atoms with Crippen LogP contribution in [0.3, 0.4) is 0 Å². The minimum absolute atomic E-state index is 0.647. The molecule has 1 aliphatic rings. The number of hydrogen-bond donors (Lipinski definition) is 1. The Bertz CT molecular complexity index is 396. The molecule has 1 heterocycles. The van der Waals surface area contributed by atoms with Gasteiger partial charge >= 0.3 is 0 Å². The van der Waals surface area contributed by atoms with Crippen molar-refractivity contribution >= 4 is 11.6 Å². The molecule has 2 rings (SSSR count). The molecule has 1 saturated carbocycles. The highest BCUT2D eigenvalue weighted by atomic mass is 35.5. The van der Waals surface area contributed by atoms with E-state index in [1.165, 1.54) is 12.8 Å². The fourth-order valence-corrected chi connectivity index (χ4v) is 2.03. The maximum absolute atomic E-state index is 6.04. The van der Waals surface area contributed by atoms with Gasteiger partial charge in [-0.1, -0.05) is 11.6 Å². The third kappa shape index (κ3) is 3.83. The van der Waals surface area contributed by atoms with Crippen molar-refractivity contribution in [3.63, 3.8) is 0 Å². The van der Waals surface area contributed by atoms with Crippen LogP contribution < -0.4 is 10.1 Å². The first-order valence-corrected chi connectivity index (χ1v) is 6.70. The smallest absolute Gasteiger partial charge is 0.213 e. The summed E-state index contributed by atoms with van der Waals surface area (Å²) in [6.07, 6.45) is 4.29. The Morgan fingerprint density at radius 2 is 2.33 bits per heavy atom. The third-order valence-corrected chi connectivity index (χ3v) is 3.48. The molecule has 1 N–H and O–H groups in total. The summed E-state index contributed by atoms with van der Waals surface area (Å²) in [7, 11) is 4.03. The Morgan fingerprint density at radius 1 is 1.56 bits per heavy atom. The summed E-state index contributed by atoms with van der Waals surface area (Å²) in [4.78, 5) is 6.52. The van der Waals surface area contributed by atoms with E-state index in [0.29, 0.717) is 17.5 Å².